The standard InChI is InChI=1S/C21H25N3O3/c1-2-27-20(26)21(14-15-6-7-15)8-12-24(13-9-21)19(25)16-4-3-5-17-18(16)23-11-10-22-17/h3-5,10-11,15H,2,6-9,12-14H2,1H3. The number of carbonyl (C=O) groups is 2. The smallest absolute Gasteiger partial charge is 0.312 e. The van der Waals surface area contributed by atoms with Gasteiger partial charge in [0.1, 0.15) is 5.52 Å². The number of piperidine rings is 1. The lowest BCUT2D eigenvalue weighted by Gasteiger charge is -2.40. The quantitative estimate of drug-likeness (QED) is 0.759. The summed E-state index contributed by atoms with van der Waals surface area (Å²) in [5.41, 5.74) is 1.50. The highest BCUT2D eigenvalue weighted by Gasteiger charge is 2.46. The van der Waals surface area contributed by atoms with Crippen molar-refractivity contribution in [2.45, 2.75) is 39.0 Å². The van der Waals surface area contributed by atoms with E-state index in [0.29, 0.717) is 49.5 Å². The van der Waals surface area contributed by atoms with Crippen molar-refractivity contribution in [3.63, 3.8) is 0 Å². The number of esters is 1. The van der Waals surface area contributed by atoms with E-state index < -0.39 is 5.41 Å². The predicted molar refractivity (Wildman–Crippen MR) is 101 cm³/mol. The highest BCUT2D eigenvalue weighted by atomic mass is 16.5. The lowest BCUT2D eigenvalue weighted by molar-refractivity contribution is -0.159. The summed E-state index contributed by atoms with van der Waals surface area (Å²) in [5.74, 6) is 0.523. The maximum Gasteiger partial charge on any atom is 0.312 e. The van der Waals surface area contributed by atoms with E-state index in [-0.39, 0.29) is 11.9 Å². The number of fused-ring (bicyclic) bond motifs is 1. The molecule has 0 bridgehead atoms. The van der Waals surface area contributed by atoms with E-state index in [9.17, 15) is 9.59 Å². The molecule has 0 atom stereocenters. The third-order valence-electron chi connectivity index (χ3n) is 5.82. The summed E-state index contributed by atoms with van der Waals surface area (Å²) in [6.45, 7) is 3.40. The van der Waals surface area contributed by atoms with E-state index in [1.807, 2.05) is 24.0 Å². The summed E-state index contributed by atoms with van der Waals surface area (Å²) in [6.07, 6.45) is 7.89. The molecule has 0 radical (unpaired) electrons. The fourth-order valence-corrected chi connectivity index (χ4v) is 4.12. The molecule has 1 saturated heterocycles. The third-order valence-corrected chi connectivity index (χ3v) is 5.82. The fourth-order valence-electron chi connectivity index (χ4n) is 4.12. The van der Waals surface area contributed by atoms with Gasteiger partial charge in [0.05, 0.1) is 23.1 Å². The molecular formula is C21H25N3O3. The molecule has 2 heterocycles. The summed E-state index contributed by atoms with van der Waals surface area (Å²) in [7, 11) is 0. The van der Waals surface area contributed by atoms with E-state index in [0.717, 1.165) is 11.9 Å². The molecule has 0 unspecified atom stereocenters. The van der Waals surface area contributed by atoms with Gasteiger partial charge < -0.3 is 9.64 Å². The maximum atomic E-state index is 13.1. The fraction of sp³-hybridized carbons (Fsp3) is 0.524. The zero-order valence-electron chi connectivity index (χ0n) is 15.7. The van der Waals surface area contributed by atoms with Crippen LogP contribution in [-0.4, -0.2) is 46.4 Å². The summed E-state index contributed by atoms with van der Waals surface area (Å²) in [5, 5.41) is 0. The van der Waals surface area contributed by atoms with Crippen molar-refractivity contribution in [1.29, 1.82) is 0 Å². The van der Waals surface area contributed by atoms with Crippen LogP contribution in [0.2, 0.25) is 0 Å². The van der Waals surface area contributed by atoms with E-state index >= 15 is 0 Å². The van der Waals surface area contributed by atoms with Crippen LogP contribution in [0.4, 0.5) is 0 Å². The lowest BCUT2D eigenvalue weighted by atomic mass is 9.74. The molecule has 6 nitrogen and oxygen atoms in total. The Balaban J connectivity index is 1.52. The summed E-state index contributed by atoms with van der Waals surface area (Å²) >= 11 is 0. The number of carbonyl (C=O) groups excluding carboxylic acids is 2. The topological polar surface area (TPSA) is 72.4 Å². The Bertz CT molecular complexity index is 849. The third kappa shape index (κ3) is 3.53. The number of nitrogens with zero attached hydrogens (tertiary/aromatic N) is 3. The van der Waals surface area contributed by atoms with Crippen molar-refractivity contribution in [3.8, 4) is 0 Å². The average Bonchev–Trinajstić information content (AvgIpc) is 3.51. The second kappa shape index (κ2) is 7.25. The number of aromatic nitrogens is 2. The summed E-state index contributed by atoms with van der Waals surface area (Å²) < 4.78 is 5.39. The zero-order valence-corrected chi connectivity index (χ0v) is 15.7. The monoisotopic (exact) mass is 367 g/mol. The molecular weight excluding hydrogens is 342 g/mol. The van der Waals surface area contributed by atoms with Gasteiger partial charge in [0, 0.05) is 25.5 Å². The first kappa shape index (κ1) is 17.9. The Morgan fingerprint density at radius 2 is 1.93 bits per heavy atom. The Morgan fingerprint density at radius 3 is 2.63 bits per heavy atom. The zero-order chi connectivity index (χ0) is 18.9. The normalized spacial score (nSPS) is 19.1. The molecule has 2 fully saturated rings. The highest BCUT2D eigenvalue weighted by Crippen LogP contribution is 2.46. The molecule has 1 amide bonds. The number of benzene rings is 1. The average molecular weight is 367 g/mol. The molecule has 1 aliphatic heterocycles. The number of hydrogen-bond donors (Lipinski definition) is 0. The molecule has 27 heavy (non-hydrogen) atoms. The van der Waals surface area contributed by atoms with Crippen LogP contribution in [0.15, 0.2) is 30.6 Å². The lowest BCUT2D eigenvalue weighted by Crippen LogP contribution is -2.47. The minimum absolute atomic E-state index is 0.0371. The second-order valence-electron chi connectivity index (χ2n) is 7.67. The second-order valence-corrected chi connectivity index (χ2v) is 7.67. The Morgan fingerprint density at radius 1 is 1.19 bits per heavy atom. The van der Waals surface area contributed by atoms with Gasteiger partial charge in [-0.15, -0.1) is 0 Å². The van der Waals surface area contributed by atoms with Crippen LogP contribution in [0.25, 0.3) is 11.0 Å². The van der Waals surface area contributed by atoms with Crippen molar-refractivity contribution in [2.75, 3.05) is 19.7 Å². The molecule has 2 aliphatic rings. The Kier molecular flexibility index (Phi) is 4.81. The molecule has 0 N–H and O–H groups in total. The van der Waals surface area contributed by atoms with Crippen LogP contribution < -0.4 is 0 Å². The molecule has 1 saturated carbocycles. The van der Waals surface area contributed by atoms with Gasteiger partial charge >= 0.3 is 5.97 Å². The van der Waals surface area contributed by atoms with Gasteiger partial charge in [0.2, 0.25) is 0 Å². The van der Waals surface area contributed by atoms with E-state index in [1.54, 1.807) is 18.5 Å². The van der Waals surface area contributed by atoms with Crippen LogP contribution in [-0.2, 0) is 9.53 Å². The van der Waals surface area contributed by atoms with E-state index in [1.165, 1.54) is 12.8 Å². The Hall–Kier alpha value is -2.50. The van der Waals surface area contributed by atoms with E-state index in [2.05, 4.69) is 9.97 Å². The van der Waals surface area contributed by atoms with Crippen molar-refractivity contribution in [3.05, 3.63) is 36.2 Å². The van der Waals surface area contributed by atoms with Gasteiger partial charge in [-0.1, -0.05) is 18.9 Å². The molecule has 4 rings (SSSR count). The minimum atomic E-state index is -0.424. The number of ether oxygens (including phenoxy) is 1. The van der Waals surface area contributed by atoms with Crippen LogP contribution in [0.1, 0.15) is 49.4 Å². The number of hydrogen-bond acceptors (Lipinski definition) is 5. The SMILES string of the molecule is CCOC(=O)C1(CC2CC2)CCN(C(=O)c2cccc3nccnc23)CC1. The molecule has 1 aromatic carbocycles. The molecule has 6 heteroatoms. The van der Waals surface area contributed by atoms with Crippen LogP contribution in [0.3, 0.4) is 0 Å². The number of para-hydroxylation sites is 1. The first-order valence-corrected chi connectivity index (χ1v) is 9.79. The largest absolute Gasteiger partial charge is 0.466 e. The number of amides is 1. The number of likely N-dealkylation sites (tertiary alicyclic amines) is 1. The number of rotatable bonds is 5. The van der Waals surface area contributed by atoms with Crippen molar-refractivity contribution < 1.29 is 14.3 Å². The van der Waals surface area contributed by atoms with Gasteiger partial charge in [-0.25, -0.2) is 0 Å². The van der Waals surface area contributed by atoms with Crippen molar-refractivity contribution in [1.82, 2.24) is 14.9 Å². The van der Waals surface area contributed by atoms with Crippen LogP contribution >= 0.6 is 0 Å². The van der Waals surface area contributed by atoms with Gasteiger partial charge in [0.25, 0.3) is 5.91 Å². The minimum Gasteiger partial charge on any atom is -0.466 e. The molecule has 1 aliphatic carbocycles. The first-order valence-electron chi connectivity index (χ1n) is 9.79. The summed E-state index contributed by atoms with van der Waals surface area (Å²) in [4.78, 5) is 36.2. The van der Waals surface area contributed by atoms with Crippen molar-refractivity contribution >= 4 is 22.9 Å². The predicted octanol–water partition coefficient (Wildman–Crippen LogP) is 3.22. The van der Waals surface area contributed by atoms with Gasteiger partial charge in [-0.2, -0.15) is 0 Å². The van der Waals surface area contributed by atoms with Crippen LogP contribution in [0.5, 0.6) is 0 Å². The Labute approximate surface area is 158 Å². The van der Waals surface area contributed by atoms with Crippen LogP contribution in [0, 0.1) is 11.3 Å². The molecule has 2 aromatic rings. The first-order chi connectivity index (χ1) is 13.1. The van der Waals surface area contributed by atoms with E-state index in [4.69, 9.17) is 4.74 Å². The molecule has 1 aromatic heterocycles. The van der Waals surface area contributed by atoms with Gasteiger partial charge in [-0.05, 0) is 44.2 Å². The highest BCUT2D eigenvalue weighted by molar-refractivity contribution is 6.04. The summed E-state index contributed by atoms with van der Waals surface area (Å²) in [6, 6.07) is 5.50. The van der Waals surface area contributed by atoms with Gasteiger partial charge in [0.15, 0.2) is 0 Å². The molecule has 0 spiro atoms. The van der Waals surface area contributed by atoms with Gasteiger partial charge in [-0.3, -0.25) is 19.6 Å². The maximum absolute atomic E-state index is 13.1. The van der Waals surface area contributed by atoms with Crippen molar-refractivity contribution in [2.24, 2.45) is 11.3 Å². The molecule has 142 valence electrons.